The van der Waals surface area contributed by atoms with Crippen LogP contribution in [0.2, 0.25) is 0 Å². The van der Waals surface area contributed by atoms with E-state index in [1.54, 1.807) is 0 Å². The fourth-order valence-electron chi connectivity index (χ4n) is 2.44. The number of fused-ring (bicyclic) bond motifs is 1. The third kappa shape index (κ3) is 5.04. The molecule has 1 amide bonds. The SMILES string of the molecule is Cc1c(CNC(=O)CCCCCCN)oc2ccccc12.Cl. The van der Waals surface area contributed by atoms with Crippen molar-refractivity contribution in [3.63, 3.8) is 0 Å². The van der Waals surface area contributed by atoms with Gasteiger partial charge < -0.3 is 15.5 Å². The Morgan fingerprint density at radius 3 is 2.64 bits per heavy atom. The molecule has 0 unspecified atom stereocenters. The molecule has 1 aromatic heterocycles. The number of aryl methyl sites for hydroxylation is 1. The molecule has 1 heterocycles. The molecule has 4 nitrogen and oxygen atoms in total. The Labute approximate surface area is 137 Å². The van der Waals surface area contributed by atoms with Gasteiger partial charge in [0.2, 0.25) is 5.91 Å². The quantitative estimate of drug-likeness (QED) is 0.728. The number of carbonyl (C=O) groups is 1. The largest absolute Gasteiger partial charge is 0.459 e. The van der Waals surface area contributed by atoms with Crippen molar-refractivity contribution >= 4 is 29.3 Å². The Morgan fingerprint density at radius 1 is 1.18 bits per heavy atom. The Morgan fingerprint density at radius 2 is 1.91 bits per heavy atom. The number of para-hydroxylation sites is 1. The molecule has 0 aliphatic heterocycles. The zero-order valence-corrected chi connectivity index (χ0v) is 13.9. The van der Waals surface area contributed by atoms with E-state index >= 15 is 0 Å². The second-order valence-electron chi connectivity index (χ2n) is 5.38. The first kappa shape index (κ1) is 18.5. The summed E-state index contributed by atoms with van der Waals surface area (Å²) < 4.78 is 5.78. The molecule has 0 fully saturated rings. The molecule has 22 heavy (non-hydrogen) atoms. The number of unbranched alkanes of at least 4 members (excludes halogenated alkanes) is 3. The number of hydrogen-bond acceptors (Lipinski definition) is 3. The van der Waals surface area contributed by atoms with Crippen LogP contribution in [0, 0.1) is 6.92 Å². The van der Waals surface area contributed by atoms with Gasteiger partial charge in [0.25, 0.3) is 0 Å². The number of rotatable bonds is 8. The Hall–Kier alpha value is -1.52. The minimum atomic E-state index is 0. The summed E-state index contributed by atoms with van der Waals surface area (Å²) in [4.78, 5) is 11.8. The number of benzene rings is 1. The summed E-state index contributed by atoms with van der Waals surface area (Å²) in [5, 5.41) is 4.05. The van der Waals surface area contributed by atoms with Gasteiger partial charge in [-0.2, -0.15) is 0 Å². The molecule has 2 aromatic rings. The van der Waals surface area contributed by atoms with Crippen LogP contribution in [0.5, 0.6) is 0 Å². The van der Waals surface area contributed by atoms with E-state index in [9.17, 15) is 4.79 Å². The highest BCUT2D eigenvalue weighted by Gasteiger charge is 2.10. The molecular formula is C17H25ClN2O2. The van der Waals surface area contributed by atoms with Crippen molar-refractivity contribution in [1.82, 2.24) is 5.32 Å². The molecule has 0 bridgehead atoms. The van der Waals surface area contributed by atoms with E-state index < -0.39 is 0 Å². The summed E-state index contributed by atoms with van der Waals surface area (Å²) in [6.07, 6.45) is 4.70. The molecule has 0 aliphatic rings. The number of hydrogen-bond donors (Lipinski definition) is 2. The first-order valence-electron chi connectivity index (χ1n) is 7.66. The minimum Gasteiger partial charge on any atom is -0.459 e. The van der Waals surface area contributed by atoms with Gasteiger partial charge in [-0.25, -0.2) is 0 Å². The Bertz CT molecular complexity index is 595. The summed E-state index contributed by atoms with van der Waals surface area (Å²) in [7, 11) is 0. The topological polar surface area (TPSA) is 68.3 Å². The van der Waals surface area contributed by atoms with Crippen molar-refractivity contribution in [2.45, 2.75) is 45.6 Å². The molecule has 0 radical (unpaired) electrons. The molecule has 1 aromatic carbocycles. The Balaban J connectivity index is 0.00000242. The first-order chi connectivity index (χ1) is 10.2. The highest BCUT2D eigenvalue weighted by atomic mass is 35.5. The van der Waals surface area contributed by atoms with Gasteiger partial charge in [-0.1, -0.05) is 31.0 Å². The van der Waals surface area contributed by atoms with Gasteiger partial charge in [-0.3, -0.25) is 4.79 Å². The zero-order valence-electron chi connectivity index (χ0n) is 13.1. The predicted octanol–water partition coefficient (Wildman–Crippen LogP) is 3.69. The van der Waals surface area contributed by atoms with Crippen molar-refractivity contribution in [3.8, 4) is 0 Å². The van der Waals surface area contributed by atoms with Crippen LogP contribution in [0.3, 0.4) is 0 Å². The smallest absolute Gasteiger partial charge is 0.220 e. The number of furan rings is 1. The van der Waals surface area contributed by atoms with Crippen LogP contribution in [0.25, 0.3) is 11.0 Å². The van der Waals surface area contributed by atoms with Crippen molar-refractivity contribution in [1.29, 1.82) is 0 Å². The lowest BCUT2D eigenvalue weighted by molar-refractivity contribution is -0.121. The van der Waals surface area contributed by atoms with Crippen LogP contribution in [-0.4, -0.2) is 12.5 Å². The molecule has 0 atom stereocenters. The third-order valence-electron chi connectivity index (χ3n) is 3.75. The van der Waals surface area contributed by atoms with Crippen molar-refractivity contribution < 1.29 is 9.21 Å². The van der Waals surface area contributed by atoms with Crippen LogP contribution in [0.15, 0.2) is 28.7 Å². The molecule has 0 saturated carbocycles. The number of carbonyl (C=O) groups excluding carboxylic acids is 1. The lowest BCUT2D eigenvalue weighted by atomic mass is 10.1. The summed E-state index contributed by atoms with van der Waals surface area (Å²) >= 11 is 0. The molecule has 0 aliphatic carbocycles. The van der Waals surface area contributed by atoms with Crippen LogP contribution < -0.4 is 11.1 Å². The first-order valence-corrected chi connectivity index (χ1v) is 7.66. The maximum absolute atomic E-state index is 11.8. The predicted molar refractivity (Wildman–Crippen MR) is 92.2 cm³/mol. The fourth-order valence-corrected chi connectivity index (χ4v) is 2.44. The maximum Gasteiger partial charge on any atom is 0.220 e. The standard InChI is InChI=1S/C17H24N2O2.ClH/c1-13-14-8-5-6-9-15(14)21-16(13)12-19-17(20)10-4-2-3-7-11-18;/h5-6,8-9H,2-4,7,10-12,18H2,1H3,(H,19,20);1H. The van der Waals surface area contributed by atoms with Crippen LogP contribution >= 0.6 is 12.4 Å². The normalized spacial score (nSPS) is 10.5. The van der Waals surface area contributed by atoms with Crippen LogP contribution in [-0.2, 0) is 11.3 Å². The lowest BCUT2D eigenvalue weighted by Crippen LogP contribution is -2.22. The third-order valence-corrected chi connectivity index (χ3v) is 3.75. The van der Waals surface area contributed by atoms with Gasteiger partial charge in [-0.15, -0.1) is 12.4 Å². The molecule has 0 saturated heterocycles. The summed E-state index contributed by atoms with van der Waals surface area (Å²) in [6.45, 7) is 3.22. The van der Waals surface area contributed by atoms with E-state index in [-0.39, 0.29) is 18.3 Å². The van der Waals surface area contributed by atoms with E-state index in [0.29, 0.717) is 13.0 Å². The number of nitrogens with one attached hydrogen (secondary N) is 1. The van der Waals surface area contributed by atoms with E-state index in [0.717, 1.165) is 54.5 Å². The van der Waals surface area contributed by atoms with E-state index in [1.165, 1.54) is 0 Å². The van der Waals surface area contributed by atoms with Crippen LogP contribution in [0.1, 0.15) is 43.4 Å². The monoisotopic (exact) mass is 324 g/mol. The molecule has 122 valence electrons. The molecule has 3 N–H and O–H groups in total. The summed E-state index contributed by atoms with van der Waals surface area (Å²) in [5.41, 5.74) is 7.42. The van der Waals surface area contributed by atoms with Gasteiger partial charge in [0.1, 0.15) is 11.3 Å². The van der Waals surface area contributed by atoms with Gasteiger partial charge in [0.15, 0.2) is 0 Å². The summed E-state index contributed by atoms with van der Waals surface area (Å²) in [6, 6.07) is 7.94. The Kier molecular flexibility index (Phi) is 7.99. The zero-order chi connectivity index (χ0) is 15.1. The van der Waals surface area contributed by atoms with Crippen LogP contribution in [0.4, 0.5) is 0 Å². The second kappa shape index (κ2) is 9.49. The molecular weight excluding hydrogens is 300 g/mol. The van der Waals surface area contributed by atoms with Gasteiger partial charge in [-0.05, 0) is 32.4 Å². The van der Waals surface area contributed by atoms with Crippen molar-refractivity contribution in [2.75, 3.05) is 6.54 Å². The molecule has 0 spiro atoms. The number of halogens is 1. The fraction of sp³-hybridized carbons (Fsp3) is 0.471. The minimum absolute atomic E-state index is 0. The summed E-state index contributed by atoms with van der Waals surface area (Å²) in [5.74, 6) is 0.926. The highest BCUT2D eigenvalue weighted by Crippen LogP contribution is 2.24. The van der Waals surface area contributed by atoms with E-state index in [4.69, 9.17) is 10.2 Å². The molecule has 5 heteroatoms. The average Bonchev–Trinajstić information content (AvgIpc) is 2.82. The van der Waals surface area contributed by atoms with Crippen molar-refractivity contribution in [3.05, 3.63) is 35.6 Å². The molecule has 2 rings (SSSR count). The van der Waals surface area contributed by atoms with Crippen molar-refractivity contribution in [2.24, 2.45) is 5.73 Å². The highest BCUT2D eigenvalue weighted by molar-refractivity contribution is 5.85. The van der Waals surface area contributed by atoms with Gasteiger partial charge in [0.05, 0.1) is 6.54 Å². The second-order valence-corrected chi connectivity index (χ2v) is 5.38. The van der Waals surface area contributed by atoms with E-state index in [2.05, 4.69) is 5.32 Å². The average molecular weight is 325 g/mol. The maximum atomic E-state index is 11.8. The lowest BCUT2D eigenvalue weighted by Gasteiger charge is -2.04. The van der Waals surface area contributed by atoms with Gasteiger partial charge in [0, 0.05) is 17.4 Å². The number of nitrogens with two attached hydrogens (primary N) is 1. The van der Waals surface area contributed by atoms with Gasteiger partial charge >= 0.3 is 0 Å². The van der Waals surface area contributed by atoms with E-state index in [1.807, 2.05) is 31.2 Å². The number of amides is 1.